The average Bonchev–Trinajstić information content (AvgIpc) is 3.39. The Hall–Kier alpha value is -3.01. The van der Waals surface area contributed by atoms with Crippen molar-refractivity contribution in [2.24, 2.45) is 9.98 Å². The Morgan fingerprint density at radius 2 is 2.17 bits per heavy atom. The van der Waals surface area contributed by atoms with Gasteiger partial charge in [-0.1, -0.05) is 18.2 Å². The summed E-state index contributed by atoms with van der Waals surface area (Å²) in [7, 11) is 0. The van der Waals surface area contributed by atoms with Crippen molar-refractivity contribution in [3.8, 4) is 11.8 Å². The number of hydrogen-bond donors (Lipinski definition) is 2. The molecule has 0 fully saturated rings. The maximum atomic E-state index is 9.50. The summed E-state index contributed by atoms with van der Waals surface area (Å²) in [6.45, 7) is 5.12. The minimum absolute atomic E-state index is 0.0116. The van der Waals surface area contributed by atoms with E-state index in [2.05, 4.69) is 29.6 Å². The van der Waals surface area contributed by atoms with E-state index in [1.165, 1.54) is 11.1 Å². The lowest BCUT2D eigenvalue weighted by Crippen LogP contribution is -2.22. The molecule has 6 heteroatoms. The van der Waals surface area contributed by atoms with Crippen LogP contribution in [0.15, 0.2) is 46.4 Å². The third-order valence-electron chi connectivity index (χ3n) is 5.43. The van der Waals surface area contributed by atoms with Crippen LogP contribution in [0.5, 0.6) is 5.75 Å². The smallest absolute Gasteiger partial charge is 0.155 e. The van der Waals surface area contributed by atoms with Crippen LogP contribution in [-0.4, -0.2) is 42.5 Å². The summed E-state index contributed by atoms with van der Waals surface area (Å²) >= 11 is 0. The zero-order valence-electron chi connectivity index (χ0n) is 17.4. The molecule has 0 unspecified atom stereocenters. The lowest BCUT2D eigenvalue weighted by molar-refractivity contribution is 0.241. The summed E-state index contributed by atoms with van der Waals surface area (Å²) < 4.78 is 5.72. The summed E-state index contributed by atoms with van der Waals surface area (Å²) in [5.74, 6) is 1.35. The van der Waals surface area contributed by atoms with Gasteiger partial charge in [-0.15, -0.1) is 0 Å². The maximum absolute atomic E-state index is 9.50. The number of rotatable bonds is 7. The van der Waals surface area contributed by atoms with Crippen LogP contribution in [0.25, 0.3) is 0 Å². The molecule has 0 aromatic heterocycles. The van der Waals surface area contributed by atoms with Gasteiger partial charge < -0.3 is 15.2 Å². The zero-order valence-corrected chi connectivity index (χ0v) is 17.4. The third kappa shape index (κ3) is 4.00. The van der Waals surface area contributed by atoms with E-state index in [-0.39, 0.29) is 18.8 Å². The molecule has 0 saturated heterocycles. The van der Waals surface area contributed by atoms with Gasteiger partial charge in [-0.2, -0.15) is 5.26 Å². The number of ether oxygens (including phenoxy) is 1. The van der Waals surface area contributed by atoms with Crippen LogP contribution >= 0.6 is 0 Å². The lowest BCUT2D eigenvalue weighted by atomic mass is 10.0. The predicted octanol–water partition coefficient (Wildman–Crippen LogP) is 3.16. The van der Waals surface area contributed by atoms with Gasteiger partial charge in [0.1, 0.15) is 11.8 Å². The first-order valence-corrected chi connectivity index (χ1v) is 10.4. The summed E-state index contributed by atoms with van der Waals surface area (Å²) in [5.41, 5.74) is 5.91. The number of nitriles is 1. The third-order valence-corrected chi connectivity index (χ3v) is 5.43. The minimum atomic E-state index is 0.0116. The van der Waals surface area contributed by atoms with Gasteiger partial charge in [0.25, 0.3) is 0 Å². The number of aliphatic imine (C=N–C) groups is 2. The van der Waals surface area contributed by atoms with E-state index in [1.807, 2.05) is 32.0 Å². The molecule has 0 amide bonds. The van der Waals surface area contributed by atoms with Gasteiger partial charge in [0.05, 0.1) is 30.5 Å². The van der Waals surface area contributed by atoms with Gasteiger partial charge in [0.2, 0.25) is 0 Å². The highest BCUT2D eigenvalue weighted by molar-refractivity contribution is 6.17. The molecular weight excluding hydrogens is 376 g/mol. The Bertz CT molecular complexity index is 1050. The molecule has 1 atom stereocenters. The molecule has 6 nitrogen and oxygen atoms in total. The molecule has 4 rings (SSSR count). The maximum Gasteiger partial charge on any atom is 0.155 e. The first-order chi connectivity index (χ1) is 14.6. The molecule has 2 aromatic rings. The van der Waals surface area contributed by atoms with Crippen molar-refractivity contribution in [1.82, 2.24) is 5.32 Å². The van der Waals surface area contributed by atoms with E-state index in [1.54, 1.807) is 0 Å². The van der Waals surface area contributed by atoms with E-state index >= 15 is 0 Å². The fourth-order valence-corrected chi connectivity index (χ4v) is 4.12. The van der Waals surface area contributed by atoms with Gasteiger partial charge in [-0.25, -0.2) is 4.99 Å². The quantitative estimate of drug-likeness (QED) is 0.744. The van der Waals surface area contributed by atoms with E-state index < -0.39 is 0 Å². The van der Waals surface area contributed by atoms with Crippen molar-refractivity contribution >= 4 is 11.5 Å². The number of benzene rings is 2. The Kier molecular flexibility index (Phi) is 5.93. The number of fused-ring (bicyclic) bond motifs is 1. The highest BCUT2D eigenvalue weighted by Crippen LogP contribution is 2.34. The zero-order chi connectivity index (χ0) is 21.1. The second kappa shape index (κ2) is 8.78. The van der Waals surface area contributed by atoms with Crippen LogP contribution in [0.2, 0.25) is 0 Å². The molecule has 154 valence electrons. The largest absolute Gasteiger partial charge is 0.490 e. The second-order valence-corrected chi connectivity index (χ2v) is 7.83. The van der Waals surface area contributed by atoms with Gasteiger partial charge in [0, 0.05) is 18.2 Å². The number of amidine groups is 1. The highest BCUT2D eigenvalue weighted by atomic mass is 16.5. The first kappa shape index (κ1) is 20.3. The Morgan fingerprint density at radius 1 is 1.30 bits per heavy atom. The highest BCUT2D eigenvalue weighted by Gasteiger charge is 2.26. The Morgan fingerprint density at radius 3 is 2.93 bits per heavy atom. The molecule has 0 radical (unpaired) electrons. The first-order valence-electron chi connectivity index (χ1n) is 10.4. The second-order valence-electron chi connectivity index (χ2n) is 7.83. The van der Waals surface area contributed by atoms with Crippen LogP contribution in [0.4, 0.5) is 0 Å². The van der Waals surface area contributed by atoms with Crippen molar-refractivity contribution in [1.29, 1.82) is 5.26 Å². The van der Waals surface area contributed by atoms with E-state index in [9.17, 15) is 5.26 Å². The van der Waals surface area contributed by atoms with Crippen LogP contribution < -0.4 is 10.1 Å². The number of nitrogens with zero attached hydrogens (tertiary/aromatic N) is 3. The Labute approximate surface area is 176 Å². The van der Waals surface area contributed by atoms with Crippen molar-refractivity contribution in [2.45, 2.75) is 38.8 Å². The van der Waals surface area contributed by atoms with Crippen molar-refractivity contribution in [2.75, 3.05) is 19.7 Å². The lowest BCUT2D eigenvalue weighted by Gasteiger charge is -2.13. The molecule has 0 bridgehead atoms. The summed E-state index contributed by atoms with van der Waals surface area (Å²) in [5, 5.41) is 22.0. The molecule has 0 spiro atoms. The fourth-order valence-electron chi connectivity index (χ4n) is 4.12. The van der Waals surface area contributed by atoms with Crippen LogP contribution in [-0.2, 0) is 6.42 Å². The van der Waals surface area contributed by atoms with Gasteiger partial charge in [-0.3, -0.25) is 4.99 Å². The topological polar surface area (TPSA) is 90.0 Å². The molecule has 2 aromatic carbocycles. The van der Waals surface area contributed by atoms with E-state index in [4.69, 9.17) is 19.8 Å². The molecular formula is C24H26N4O2. The Balaban J connectivity index is 1.59. The normalized spacial score (nSPS) is 17.5. The molecule has 30 heavy (non-hydrogen) atoms. The van der Waals surface area contributed by atoms with Crippen LogP contribution in [0.1, 0.15) is 54.1 Å². The minimum Gasteiger partial charge on any atom is -0.490 e. The molecule has 0 saturated carbocycles. The van der Waals surface area contributed by atoms with Crippen molar-refractivity contribution in [3.63, 3.8) is 0 Å². The van der Waals surface area contributed by atoms with E-state index in [0.717, 1.165) is 35.5 Å². The van der Waals surface area contributed by atoms with Crippen molar-refractivity contribution < 1.29 is 9.84 Å². The van der Waals surface area contributed by atoms with Crippen molar-refractivity contribution in [3.05, 3.63) is 64.2 Å². The average molecular weight is 402 g/mol. The number of hydrogen-bond acceptors (Lipinski definition) is 6. The predicted molar refractivity (Wildman–Crippen MR) is 117 cm³/mol. The summed E-state index contributed by atoms with van der Waals surface area (Å²) in [4.78, 5) is 9.51. The number of nitrogens with one attached hydrogen (secondary N) is 1. The molecule has 2 N–H and O–H groups in total. The SMILES string of the molecule is CC(C)Oc1ccc(C2=NC(c3cccc4c3CC[C@@H]4NCCO)=NC2)cc1C#N. The molecule has 1 heterocycles. The summed E-state index contributed by atoms with van der Waals surface area (Å²) in [6.07, 6.45) is 2.00. The summed E-state index contributed by atoms with van der Waals surface area (Å²) in [6, 6.07) is 14.4. The number of aliphatic hydroxyl groups is 1. The fraction of sp³-hybridized carbons (Fsp3) is 0.375. The van der Waals surface area contributed by atoms with Gasteiger partial charge >= 0.3 is 0 Å². The number of aliphatic hydroxyl groups excluding tert-OH is 1. The van der Waals surface area contributed by atoms with E-state index in [0.29, 0.717) is 24.4 Å². The standard InChI is InChI=1S/C24H26N4O2/c1-15(2)30-23-9-6-16(12-17(23)13-25)22-14-27-24(28-22)20-5-3-4-19-18(20)7-8-21(19)26-10-11-29/h3-6,9,12,15,21,26,29H,7-8,10-11,14H2,1-2H3/t21-/m0/s1. The molecule has 1 aliphatic carbocycles. The van der Waals surface area contributed by atoms with Crippen LogP contribution in [0.3, 0.4) is 0 Å². The van der Waals surface area contributed by atoms with Crippen LogP contribution in [0, 0.1) is 11.3 Å². The molecule has 2 aliphatic rings. The van der Waals surface area contributed by atoms with Gasteiger partial charge in [0.15, 0.2) is 5.84 Å². The monoisotopic (exact) mass is 402 g/mol. The van der Waals surface area contributed by atoms with Gasteiger partial charge in [-0.05, 0) is 61.6 Å². The molecule has 1 aliphatic heterocycles.